The van der Waals surface area contributed by atoms with Gasteiger partial charge in [0.1, 0.15) is 12.1 Å². The number of imidazole rings is 1. The van der Waals surface area contributed by atoms with Crippen molar-refractivity contribution < 1.29 is 14.6 Å². The number of nitrogens with one attached hydrogen (secondary N) is 1. The van der Waals surface area contributed by atoms with Gasteiger partial charge in [-0.25, -0.2) is 19.7 Å². The minimum Gasteiger partial charge on any atom is -0.476 e. The molecule has 0 saturated carbocycles. The molecule has 0 saturated heterocycles. The normalized spacial score (nSPS) is 10.6. The van der Waals surface area contributed by atoms with Gasteiger partial charge in [0.2, 0.25) is 5.88 Å². The number of anilines is 1. The van der Waals surface area contributed by atoms with E-state index in [9.17, 15) is 4.79 Å². The van der Waals surface area contributed by atoms with Crippen LogP contribution < -0.4 is 10.1 Å². The SMILES string of the molecule is CC(C)Oc1cc(NCCn2cnc(C(=O)O)c2)ncn1. The van der Waals surface area contributed by atoms with E-state index in [2.05, 4.69) is 20.3 Å². The summed E-state index contributed by atoms with van der Waals surface area (Å²) in [6, 6.07) is 1.72. The van der Waals surface area contributed by atoms with Gasteiger partial charge in [-0.1, -0.05) is 0 Å². The molecule has 8 heteroatoms. The largest absolute Gasteiger partial charge is 0.476 e. The Morgan fingerprint density at radius 3 is 2.90 bits per heavy atom. The Bertz CT molecular complexity index is 611. The van der Waals surface area contributed by atoms with E-state index in [0.29, 0.717) is 24.8 Å². The summed E-state index contributed by atoms with van der Waals surface area (Å²) in [6.45, 7) is 5.00. The summed E-state index contributed by atoms with van der Waals surface area (Å²) in [5, 5.41) is 11.9. The number of carboxylic acids is 1. The lowest BCUT2D eigenvalue weighted by atomic mass is 10.4. The molecule has 0 aliphatic carbocycles. The molecule has 0 unspecified atom stereocenters. The fourth-order valence-electron chi connectivity index (χ4n) is 1.65. The van der Waals surface area contributed by atoms with Crippen LogP contribution in [0.2, 0.25) is 0 Å². The van der Waals surface area contributed by atoms with Crippen molar-refractivity contribution in [2.24, 2.45) is 0 Å². The summed E-state index contributed by atoms with van der Waals surface area (Å²) >= 11 is 0. The van der Waals surface area contributed by atoms with Crippen LogP contribution in [0.15, 0.2) is 24.9 Å². The van der Waals surface area contributed by atoms with Gasteiger partial charge in [-0.3, -0.25) is 0 Å². The zero-order valence-electron chi connectivity index (χ0n) is 11.9. The topological polar surface area (TPSA) is 102 Å². The fraction of sp³-hybridized carbons (Fsp3) is 0.385. The second kappa shape index (κ2) is 6.69. The number of hydrogen-bond donors (Lipinski definition) is 2. The van der Waals surface area contributed by atoms with Gasteiger partial charge in [0.05, 0.1) is 12.4 Å². The van der Waals surface area contributed by atoms with Gasteiger partial charge in [0.15, 0.2) is 5.69 Å². The Labute approximate surface area is 121 Å². The molecule has 0 aliphatic rings. The third kappa shape index (κ3) is 4.44. The van der Waals surface area contributed by atoms with Crippen LogP contribution in [0.5, 0.6) is 5.88 Å². The lowest BCUT2D eigenvalue weighted by molar-refractivity contribution is 0.0691. The average Bonchev–Trinajstić information content (AvgIpc) is 2.87. The van der Waals surface area contributed by atoms with E-state index in [4.69, 9.17) is 9.84 Å². The summed E-state index contributed by atoms with van der Waals surface area (Å²) in [7, 11) is 0. The van der Waals surface area contributed by atoms with Crippen molar-refractivity contribution in [2.75, 3.05) is 11.9 Å². The second-order valence-electron chi connectivity index (χ2n) is 4.64. The van der Waals surface area contributed by atoms with Crippen LogP contribution in [0, 0.1) is 0 Å². The molecule has 2 aromatic rings. The fourth-order valence-corrected chi connectivity index (χ4v) is 1.65. The maximum absolute atomic E-state index is 10.7. The maximum Gasteiger partial charge on any atom is 0.356 e. The molecular weight excluding hydrogens is 274 g/mol. The number of rotatable bonds is 7. The van der Waals surface area contributed by atoms with Gasteiger partial charge in [-0.05, 0) is 13.8 Å². The summed E-state index contributed by atoms with van der Waals surface area (Å²) in [6.07, 6.45) is 4.45. The van der Waals surface area contributed by atoms with Crippen molar-refractivity contribution in [3.63, 3.8) is 0 Å². The van der Waals surface area contributed by atoms with Crippen LogP contribution in [-0.2, 0) is 6.54 Å². The Morgan fingerprint density at radius 2 is 2.24 bits per heavy atom. The molecule has 0 bridgehead atoms. The molecule has 0 radical (unpaired) electrons. The predicted octanol–water partition coefficient (Wildman–Crippen LogP) is 1.27. The molecule has 0 spiro atoms. The third-order valence-electron chi connectivity index (χ3n) is 2.53. The summed E-state index contributed by atoms with van der Waals surface area (Å²) in [5.41, 5.74) is 0.0321. The van der Waals surface area contributed by atoms with Gasteiger partial charge < -0.3 is 19.7 Å². The van der Waals surface area contributed by atoms with Gasteiger partial charge >= 0.3 is 5.97 Å². The van der Waals surface area contributed by atoms with Gasteiger partial charge in [-0.2, -0.15) is 0 Å². The lowest BCUT2D eigenvalue weighted by Crippen LogP contribution is -2.11. The monoisotopic (exact) mass is 291 g/mol. The number of aromatic nitrogens is 4. The number of carbonyl (C=O) groups is 1. The van der Waals surface area contributed by atoms with Crippen LogP contribution in [0.25, 0.3) is 0 Å². The molecule has 8 nitrogen and oxygen atoms in total. The summed E-state index contributed by atoms with van der Waals surface area (Å²) < 4.78 is 7.18. The minimum absolute atomic E-state index is 0.0321. The van der Waals surface area contributed by atoms with Crippen molar-refractivity contribution in [2.45, 2.75) is 26.5 Å². The molecule has 0 aliphatic heterocycles. The molecule has 0 aromatic carbocycles. The number of ether oxygens (including phenoxy) is 1. The highest BCUT2D eigenvalue weighted by Gasteiger charge is 2.06. The minimum atomic E-state index is -1.03. The number of aromatic carboxylic acids is 1. The van der Waals surface area contributed by atoms with Gasteiger partial charge in [0, 0.05) is 25.4 Å². The average molecular weight is 291 g/mol. The zero-order valence-corrected chi connectivity index (χ0v) is 11.9. The maximum atomic E-state index is 10.7. The van der Waals surface area contributed by atoms with Crippen molar-refractivity contribution in [3.8, 4) is 5.88 Å². The van der Waals surface area contributed by atoms with Crippen LogP contribution in [-0.4, -0.2) is 43.2 Å². The molecule has 2 rings (SSSR count). The highest BCUT2D eigenvalue weighted by molar-refractivity contribution is 5.84. The van der Waals surface area contributed by atoms with Gasteiger partial charge in [-0.15, -0.1) is 0 Å². The van der Waals surface area contributed by atoms with Crippen LogP contribution in [0.3, 0.4) is 0 Å². The molecule has 2 aromatic heterocycles. The molecule has 2 heterocycles. The van der Waals surface area contributed by atoms with Crippen LogP contribution in [0.4, 0.5) is 5.82 Å². The van der Waals surface area contributed by atoms with Crippen molar-refractivity contribution in [1.29, 1.82) is 0 Å². The van der Waals surface area contributed by atoms with E-state index < -0.39 is 5.97 Å². The first-order valence-corrected chi connectivity index (χ1v) is 6.52. The van der Waals surface area contributed by atoms with Crippen LogP contribution >= 0.6 is 0 Å². The van der Waals surface area contributed by atoms with E-state index >= 15 is 0 Å². The Hall–Kier alpha value is -2.64. The van der Waals surface area contributed by atoms with Crippen molar-refractivity contribution >= 4 is 11.8 Å². The number of carboxylic acid groups (broad SMARTS) is 1. The highest BCUT2D eigenvalue weighted by Crippen LogP contribution is 2.12. The molecule has 0 fully saturated rings. The van der Waals surface area contributed by atoms with E-state index in [0.717, 1.165) is 0 Å². The van der Waals surface area contributed by atoms with E-state index in [-0.39, 0.29) is 11.8 Å². The lowest BCUT2D eigenvalue weighted by Gasteiger charge is -2.10. The molecule has 0 atom stereocenters. The molecule has 112 valence electrons. The Morgan fingerprint density at radius 1 is 1.43 bits per heavy atom. The molecular formula is C13H17N5O3. The van der Waals surface area contributed by atoms with Gasteiger partial charge in [0.25, 0.3) is 0 Å². The molecule has 0 amide bonds. The number of nitrogens with zero attached hydrogens (tertiary/aromatic N) is 4. The third-order valence-corrected chi connectivity index (χ3v) is 2.53. The summed E-state index contributed by atoms with van der Waals surface area (Å²) in [5.74, 6) is 0.130. The van der Waals surface area contributed by atoms with E-state index in [1.807, 2.05) is 13.8 Å². The van der Waals surface area contributed by atoms with E-state index in [1.165, 1.54) is 18.9 Å². The predicted molar refractivity (Wildman–Crippen MR) is 75.5 cm³/mol. The zero-order chi connectivity index (χ0) is 15.2. The number of hydrogen-bond acceptors (Lipinski definition) is 6. The Balaban J connectivity index is 1.86. The standard InChI is InChI=1S/C13H17N5O3/c1-9(2)21-12-5-11(15-7-16-12)14-3-4-18-6-10(13(19)20)17-8-18/h5-9H,3-4H2,1-2H3,(H,19,20)(H,14,15,16). The molecule has 21 heavy (non-hydrogen) atoms. The smallest absolute Gasteiger partial charge is 0.356 e. The summed E-state index contributed by atoms with van der Waals surface area (Å²) in [4.78, 5) is 22.6. The Kier molecular flexibility index (Phi) is 4.70. The first-order chi connectivity index (χ1) is 10.0. The highest BCUT2D eigenvalue weighted by atomic mass is 16.5. The van der Waals surface area contributed by atoms with Crippen LogP contribution in [0.1, 0.15) is 24.3 Å². The molecule has 2 N–H and O–H groups in total. The van der Waals surface area contributed by atoms with Crippen molar-refractivity contribution in [1.82, 2.24) is 19.5 Å². The quantitative estimate of drug-likeness (QED) is 0.792. The first-order valence-electron chi connectivity index (χ1n) is 6.52. The first kappa shape index (κ1) is 14.8. The van der Waals surface area contributed by atoms with Crippen molar-refractivity contribution in [3.05, 3.63) is 30.6 Å². The second-order valence-corrected chi connectivity index (χ2v) is 4.64. The van der Waals surface area contributed by atoms with E-state index in [1.54, 1.807) is 10.6 Å².